The van der Waals surface area contributed by atoms with Gasteiger partial charge < -0.3 is 15.8 Å². The van der Waals surface area contributed by atoms with Crippen molar-refractivity contribution in [2.45, 2.75) is 12.1 Å². The standard InChI is InChI=1S/C14H20FN3O2/c1-17-14(19)13-9-20-7-6-18(13)12(8-16)10-2-4-11(15)5-3-10/h2-5,12-13H,6-9,16H2,1H3,(H,17,19). The molecule has 0 spiro atoms. The number of carbonyl (C=O) groups is 1. The maximum Gasteiger partial charge on any atom is 0.239 e. The van der Waals surface area contributed by atoms with Crippen LogP contribution in [0.15, 0.2) is 24.3 Å². The van der Waals surface area contributed by atoms with Crippen molar-refractivity contribution in [3.8, 4) is 0 Å². The Hall–Kier alpha value is -1.50. The van der Waals surface area contributed by atoms with Crippen molar-refractivity contribution in [2.75, 3.05) is 33.4 Å². The first-order valence-corrected chi connectivity index (χ1v) is 6.68. The molecule has 0 radical (unpaired) electrons. The van der Waals surface area contributed by atoms with Gasteiger partial charge in [-0.05, 0) is 17.7 Å². The van der Waals surface area contributed by atoms with E-state index in [9.17, 15) is 9.18 Å². The highest BCUT2D eigenvalue weighted by atomic mass is 19.1. The van der Waals surface area contributed by atoms with Crippen LogP contribution in [0.3, 0.4) is 0 Å². The predicted molar refractivity (Wildman–Crippen MR) is 73.6 cm³/mol. The number of benzene rings is 1. The van der Waals surface area contributed by atoms with E-state index in [0.29, 0.717) is 26.3 Å². The van der Waals surface area contributed by atoms with Gasteiger partial charge in [0.1, 0.15) is 11.9 Å². The lowest BCUT2D eigenvalue weighted by atomic mass is 10.0. The summed E-state index contributed by atoms with van der Waals surface area (Å²) in [4.78, 5) is 14.0. The van der Waals surface area contributed by atoms with E-state index in [1.165, 1.54) is 12.1 Å². The summed E-state index contributed by atoms with van der Waals surface area (Å²) in [7, 11) is 1.60. The van der Waals surface area contributed by atoms with Crippen molar-refractivity contribution in [3.05, 3.63) is 35.6 Å². The number of hydrogen-bond acceptors (Lipinski definition) is 4. The molecule has 0 saturated carbocycles. The minimum absolute atomic E-state index is 0.0924. The maximum atomic E-state index is 13.0. The number of nitrogens with one attached hydrogen (secondary N) is 1. The monoisotopic (exact) mass is 281 g/mol. The molecule has 3 N–H and O–H groups in total. The second-order valence-corrected chi connectivity index (χ2v) is 4.75. The molecule has 5 nitrogen and oxygen atoms in total. The third kappa shape index (κ3) is 3.15. The van der Waals surface area contributed by atoms with Crippen molar-refractivity contribution in [3.63, 3.8) is 0 Å². The van der Waals surface area contributed by atoms with E-state index >= 15 is 0 Å². The normalized spacial score (nSPS) is 21.4. The van der Waals surface area contributed by atoms with Gasteiger partial charge in [0.2, 0.25) is 5.91 Å². The predicted octanol–water partition coefficient (Wildman–Crippen LogP) is 0.272. The Kier molecular flexibility index (Phi) is 5.05. The topological polar surface area (TPSA) is 67.6 Å². The molecule has 2 rings (SSSR count). The van der Waals surface area contributed by atoms with Crippen LogP contribution in [0.25, 0.3) is 0 Å². The fourth-order valence-corrected chi connectivity index (χ4v) is 2.53. The fourth-order valence-electron chi connectivity index (χ4n) is 2.53. The first-order chi connectivity index (χ1) is 9.67. The summed E-state index contributed by atoms with van der Waals surface area (Å²) in [5.41, 5.74) is 6.78. The van der Waals surface area contributed by atoms with Crippen molar-refractivity contribution in [1.29, 1.82) is 0 Å². The van der Waals surface area contributed by atoms with Crippen LogP contribution in [0.5, 0.6) is 0 Å². The van der Waals surface area contributed by atoms with Gasteiger partial charge in [-0.2, -0.15) is 0 Å². The first kappa shape index (κ1) is 14.9. The van der Waals surface area contributed by atoms with E-state index in [1.807, 2.05) is 4.90 Å². The molecule has 1 aromatic carbocycles. The number of halogens is 1. The number of rotatable bonds is 4. The smallest absolute Gasteiger partial charge is 0.239 e. The fraction of sp³-hybridized carbons (Fsp3) is 0.500. The summed E-state index contributed by atoms with van der Waals surface area (Å²) in [6, 6.07) is 5.75. The zero-order valence-electron chi connectivity index (χ0n) is 11.5. The van der Waals surface area contributed by atoms with Gasteiger partial charge in [-0.25, -0.2) is 4.39 Å². The summed E-state index contributed by atoms with van der Waals surface area (Å²) in [6.07, 6.45) is 0. The maximum absolute atomic E-state index is 13.0. The van der Waals surface area contributed by atoms with Gasteiger partial charge in [0.25, 0.3) is 0 Å². The lowest BCUT2D eigenvalue weighted by molar-refractivity contribution is -0.134. The van der Waals surface area contributed by atoms with Gasteiger partial charge >= 0.3 is 0 Å². The summed E-state index contributed by atoms with van der Waals surface area (Å²) in [5.74, 6) is -0.375. The van der Waals surface area contributed by atoms with Crippen LogP contribution in [0.1, 0.15) is 11.6 Å². The zero-order valence-corrected chi connectivity index (χ0v) is 11.5. The van der Waals surface area contributed by atoms with Crippen LogP contribution in [0, 0.1) is 5.82 Å². The molecule has 2 atom stereocenters. The van der Waals surface area contributed by atoms with Gasteiger partial charge in [-0.1, -0.05) is 12.1 Å². The molecule has 1 aliphatic rings. The molecule has 20 heavy (non-hydrogen) atoms. The van der Waals surface area contributed by atoms with Crippen molar-refractivity contribution >= 4 is 5.91 Å². The number of nitrogens with zero attached hydrogens (tertiary/aromatic N) is 1. The highest BCUT2D eigenvalue weighted by molar-refractivity contribution is 5.81. The molecule has 1 fully saturated rings. The number of carbonyl (C=O) groups excluding carboxylic acids is 1. The summed E-state index contributed by atoms with van der Waals surface area (Å²) >= 11 is 0. The highest BCUT2D eigenvalue weighted by Gasteiger charge is 2.33. The number of likely N-dealkylation sites (N-methyl/N-ethyl adjacent to an activating group) is 1. The third-order valence-corrected chi connectivity index (χ3v) is 3.60. The van der Waals surface area contributed by atoms with Crippen molar-refractivity contribution in [1.82, 2.24) is 10.2 Å². The Morgan fingerprint density at radius 3 is 2.85 bits per heavy atom. The molecule has 1 heterocycles. The average Bonchev–Trinajstić information content (AvgIpc) is 2.49. The second-order valence-electron chi connectivity index (χ2n) is 4.75. The molecular formula is C14H20FN3O2. The Morgan fingerprint density at radius 1 is 1.55 bits per heavy atom. The number of nitrogens with two attached hydrogens (primary N) is 1. The molecule has 110 valence electrons. The Bertz CT molecular complexity index is 452. The van der Waals surface area contributed by atoms with Crippen LogP contribution in [0.4, 0.5) is 4.39 Å². The number of ether oxygens (including phenoxy) is 1. The molecule has 1 amide bonds. The molecule has 2 unspecified atom stereocenters. The van der Waals surface area contributed by atoms with Crippen LogP contribution < -0.4 is 11.1 Å². The quantitative estimate of drug-likeness (QED) is 0.831. The molecule has 0 aliphatic carbocycles. The van der Waals surface area contributed by atoms with E-state index < -0.39 is 0 Å². The Morgan fingerprint density at radius 2 is 2.25 bits per heavy atom. The van der Waals surface area contributed by atoms with Gasteiger partial charge in [-0.3, -0.25) is 9.69 Å². The van der Waals surface area contributed by atoms with Gasteiger partial charge in [0.05, 0.1) is 13.2 Å². The van der Waals surface area contributed by atoms with Crippen molar-refractivity contribution < 1.29 is 13.9 Å². The molecule has 0 bridgehead atoms. The van der Waals surface area contributed by atoms with E-state index in [2.05, 4.69) is 5.32 Å². The van der Waals surface area contributed by atoms with Crippen molar-refractivity contribution in [2.24, 2.45) is 5.73 Å². The van der Waals surface area contributed by atoms with Crippen LogP contribution in [-0.4, -0.2) is 50.2 Å². The average molecular weight is 281 g/mol. The van der Waals surface area contributed by atoms with Crippen LogP contribution >= 0.6 is 0 Å². The van der Waals surface area contributed by atoms with E-state index in [0.717, 1.165) is 5.56 Å². The lowest BCUT2D eigenvalue weighted by Gasteiger charge is -2.39. The highest BCUT2D eigenvalue weighted by Crippen LogP contribution is 2.24. The van der Waals surface area contributed by atoms with E-state index in [-0.39, 0.29) is 23.8 Å². The molecule has 1 aliphatic heterocycles. The van der Waals surface area contributed by atoms with E-state index in [4.69, 9.17) is 10.5 Å². The Balaban J connectivity index is 2.23. The second kappa shape index (κ2) is 6.78. The van der Waals surface area contributed by atoms with Crippen LogP contribution in [-0.2, 0) is 9.53 Å². The number of amides is 1. The molecule has 1 saturated heterocycles. The zero-order chi connectivity index (χ0) is 14.5. The van der Waals surface area contributed by atoms with Crippen LogP contribution in [0.2, 0.25) is 0 Å². The number of hydrogen-bond donors (Lipinski definition) is 2. The SMILES string of the molecule is CNC(=O)C1COCCN1C(CN)c1ccc(F)cc1. The molecule has 0 aromatic heterocycles. The van der Waals surface area contributed by atoms with E-state index in [1.54, 1.807) is 19.2 Å². The largest absolute Gasteiger partial charge is 0.378 e. The van der Waals surface area contributed by atoms with Gasteiger partial charge in [-0.15, -0.1) is 0 Å². The molecular weight excluding hydrogens is 261 g/mol. The minimum atomic E-state index is -0.368. The molecule has 6 heteroatoms. The summed E-state index contributed by atoms with van der Waals surface area (Å²) < 4.78 is 18.4. The minimum Gasteiger partial charge on any atom is -0.378 e. The van der Waals surface area contributed by atoms with Gasteiger partial charge in [0.15, 0.2) is 0 Å². The summed E-state index contributed by atoms with van der Waals surface area (Å²) in [5, 5.41) is 2.64. The molecule has 1 aromatic rings. The third-order valence-electron chi connectivity index (χ3n) is 3.60. The van der Waals surface area contributed by atoms with Gasteiger partial charge in [0, 0.05) is 26.2 Å². The lowest BCUT2D eigenvalue weighted by Crippen LogP contribution is -2.55. The summed E-state index contributed by atoms with van der Waals surface area (Å²) in [6.45, 7) is 1.89. The Labute approximate surface area is 117 Å². The first-order valence-electron chi connectivity index (χ1n) is 6.68. The number of morpholine rings is 1.